The van der Waals surface area contributed by atoms with Gasteiger partial charge in [-0.25, -0.2) is 0 Å². The number of amides is 1. The fourth-order valence-electron chi connectivity index (χ4n) is 2.94. The maximum Gasteiger partial charge on any atom is 0.320 e. The van der Waals surface area contributed by atoms with Crippen molar-refractivity contribution in [3.05, 3.63) is 95.6 Å². The lowest BCUT2D eigenvalue weighted by molar-refractivity contribution is -0.138. The summed E-state index contributed by atoms with van der Waals surface area (Å²) in [6, 6.07) is 22.0. The number of carboxylic acid groups (broad SMARTS) is 1. The summed E-state index contributed by atoms with van der Waals surface area (Å²) in [5.41, 5.74) is 19.6. The Kier molecular flexibility index (Phi) is 10.3. The van der Waals surface area contributed by atoms with Crippen LogP contribution in [0.4, 0.5) is 11.4 Å². The molecule has 8 heteroatoms. The third-order valence-corrected chi connectivity index (χ3v) is 4.93. The van der Waals surface area contributed by atoms with E-state index in [-0.39, 0.29) is 11.7 Å². The number of aliphatic carboxylic acids is 1. The number of anilines is 2. The maximum atomic E-state index is 11.9. The molecular weight excluding hydrogens is 432 g/mol. The summed E-state index contributed by atoms with van der Waals surface area (Å²) >= 11 is 0. The summed E-state index contributed by atoms with van der Waals surface area (Å²) in [4.78, 5) is 34.1. The monoisotopic (exact) mass is 462 g/mol. The van der Waals surface area contributed by atoms with Crippen molar-refractivity contribution in [1.29, 1.82) is 0 Å². The SMILES string of the molecule is Nc1ccc(C(=O)NCCCC[C@H](N)C(=O)O)cc1.Nc1ccc(C(=O)c2ccccc2)cc1. The van der Waals surface area contributed by atoms with Crippen LogP contribution in [0.3, 0.4) is 0 Å². The first-order chi connectivity index (χ1) is 16.3. The molecule has 0 radical (unpaired) electrons. The number of carbonyl (C=O) groups excluding carboxylic acids is 2. The van der Waals surface area contributed by atoms with E-state index in [2.05, 4.69) is 5.32 Å². The van der Waals surface area contributed by atoms with Gasteiger partial charge in [-0.15, -0.1) is 0 Å². The molecule has 0 heterocycles. The van der Waals surface area contributed by atoms with Crippen molar-refractivity contribution < 1.29 is 19.5 Å². The van der Waals surface area contributed by atoms with Crippen LogP contribution in [-0.4, -0.2) is 35.4 Å². The fourth-order valence-corrected chi connectivity index (χ4v) is 2.94. The van der Waals surface area contributed by atoms with Crippen LogP contribution < -0.4 is 22.5 Å². The molecule has 178 valence electrons. The summed E-state index contributed by atoms with van der Waals surface area (Å²) in [7, 11) is 0. The van der Waals surface area contributed by atoms with Crippen molar-refractivity contribution in [3.63, 3.8) is 0 Å². The molecule has 3 aromatic carbocycles. The number of hydrogen-bond acceptors (Lipinski definition) is 6. The Labute approximate surface area is 198 Å². The molecule has 0 aromatic heterocycles. The van der Waals surface area contributed by atoms with E-state index in [4.69, 9.17) is 22.3 Å². The normalized spacial score (nSPS) is 11.0. The van der Waals surface area contributed by atoms with Crippen molar-refractivity contribution in [1.82, 2.24) is 5.32 Å². The summed E-state index contributed by atoms with van der Waals surface area (Å²) in [6.45, 7) is 0.496. The van der Waals surface area contributed by atoms with Gasteiger partial charge < -0.3 is 27.6 Å². The van der Waals surface area contributed by atoms with Crippen molar-refractivity contribution in [2.75, 3.05) is 18.0 Å². The summed E-state index contributed by atoms with van der Waals surface area (Å²) in [5.74, 6) is -1.14. The van der Waals surface area contributed by atoms with Crippen LogP contribution in [0.5, 0.6) is 0 Å². The molecule has 3 rings (SSSR count). The molecule has 0 unspecified atom stereocenters. The average molecular weight is 463 g/mol. The molecule has 0 saturated carbocycles. The first-order valence-electron chi connectivity index (χ1n) is 10.9. The van der Waals surface area contributed by atoms with E-state index in [1.54, 1.807) is 60.7 Å². The predicted octanol–water partition coefficient (Wildman–Crippen LogP) is 3.08. The highest BCUT2D eigenvalue weighted by Crippen LogP contribution is 2.11. The number of nitrogen functional groups attached to an aromatic ring is 2. The van der Waals surface area contributed by atoms with Crippen LogP contribution in [0.2, 0.25) is 0 Å². The van der Waals surface area contributed by atoms with E-state index in [0.717, 1.165) is 0 Å². The van der Waals surface area contributed by atoms with Crippen LogP contribution in [0.1, 0.15) is 45.5 Å². The zero-order valence-corrected chi connectivity index (χ0v) is 18.8. The largest absolute Gasteiger partial charge is 0.480 e. The topological polar surface area (TPSA) is 162 Å². The Morgan fingerprint density at radius 3 is 1.76 bits per heavy atom. The average Bonchev–Trinajstić information content (AvgIpc) is 2.85. The van der Waals surface area contributed by atoms with Gasteiger partial charge in [-0.3, -0.25) is 14.4 Å². The number of rotatable bonds is 9. The van der Waals surface area contributed by atoms with Crippen LogP contribution in [-0.2, 0) is 4.79 Å². The van der Waals surface area contributed by atoms with Gasteiger partial charge in [-0.05, 0) is 67.8 Å². The Bertz CT molecular complexity index is 1070. The van der Waals surface area contributed by atoms with E-state index in [9.17, 15) is 14.4 Å². The van der Waals surface area contributed by atoms with Crippen LogP contribution in [0.25, 0.3) is 0 Å². The molecule has 0 spiro atoms. The molecular formula is C26H30N4O4. The summed E-state index contributed by atoms with van der Waals surface area (Å²) < 4.78 is 0. The van der Waals surface area contributed by atoms with Gasteiger partial charge in [0.2, 0.25) is 0 Å². The first kappa shape index (κ1) is 26.1. The van der Waals surface area contributed by atoms with E-state index >= 15 is 0 Å². The third kappa shape index (κ3) is 8.76. The first-order valence-corrected chi connectivity index (χ1v) is 10.9. The lowest BCUT2D eigenvalue weighted by atomic mass is 10.0. The predicted molar refractivity (Wildman–Crippen MR) is 133 cm³/mol. The van der Waals surface area contributed by atoms with Crippen molar-refractivity contribution in [2.45, 2.75) is 25.3 Å². The molecule has 0 aliphatic carbocycles. The van der Waals surface area contributed by atoms with Crippen LogP contribution in [0.15, 0.2) is 78.9 Å². The molecule has 0 aliphatic rings. The molecule has 1 atom stereocenters. The van der Waals surface area contributed by atoms with Gasteiger partial charge in [0.25, 0.3) is 5.91 Å². The van der Waals surface area contributed by atoms with Crippen molar-refractivity contribution in [2.24, 2.45) is 5.73 Å². The minimum Gasteiger partial charge on any atom is -0.480 e. The van der Waals surface area contributed by atoms with Gasteiger partial charge in [0.1, 0.15) is 6.04 Å². The Morgan fingerprint density at radius 1 is 0.735 bits per heavy atom. The van der Waals surface area contributed by atoms with E-state index in [0.29, 0.717) is 53.9 Å². The highest BCUT2D eigenvalue weighted by Gasteiger charge is 2.10. The number of nitrogens with one attached hydrogen (secondary N) is 1. The van der Waals surface area contributed by atoms with Gasteiger partial charge in [0.15, 0.2) is 5.78 Å². The molecule has 0 fully saturated rings. The number of benzene rings is 3. The molecule has 1 amide bonds. The fraction of sp³-hybridized carbons (Fsp3) is 0.192. The molecule has 8 N–H and O–H groups in total. The second kappa shape index (κ2) is 13.4. The van der Waals surface area contributed by atoms with Crippen LogP contribution in [0, 0.1) is 0 Å². The lowest BCUT2D eigenvalue weighted by Crippen LogP contribution is -2.30. The Morgan fingerprint density at radius 2 is 1.24 bits per heavy atom. The molecule has 0 bridgehead atoms. The van der Waals surface area contributed by atoms with Crippen LogP contribution >= 0.6 is 0 Å². The van der Waals surface area contributed by atoms with Gasteiger partial charge >= 0.3 is 5.97 Å². The number of hydrogen-bond donors (Lipinski definition) is 5. The maximum absolute atomic E-state index is 11.9. The second-order valence-corrected chi connectivity index (χ2v) is 7.64. The summed E-state index contributed by atoms with van der Waals surface area (Å²) in [6.07, 6.45) is 1.77. The number of unbranched alkanes of at least 4 members (excludes halogenated alkanes) is 1. The van der Waals surface area contributed by atoms with Gasteiger partial charge in [-0.1, -0.05) is 30.3 Å². The van der Waals surface area contributed by atoms with E-state index < -0.39 is 12.0 Å². The van der Waals surface area contributed by atoms with Gasteiger partial charge in [-0.2, -0.15) is 0 Å². The lowest BCUT2D eigenvalue weighted by Gasteiger charge is -2.07. The number of carbonyl (C=O) groups is 3. The standard InChI is InChI=1S/C13H19N3O3.C13H11NO/c14-10-6-4-9(5-7-10)12(17)16-8-2-1-3-11(15)13(18)19;14-12-8-6-11(7-9-12)13(15)10-4-2-1-3-5-10/h4-7,11H,1-3,8,14-15H2,(H,16,17)(H,18,19);1-9H,14H2/t11-;/m0./s1. The molecule has 3 aromatic rings. The van der Waals surface area contributed by atoms with Gasteiger partial charge in [0.05, 0.1) is 0 Å². The highest BCUT2D eigenvalue weighted by atomic mass is 16.4. The smallest absolute Gasteiger partial charge is 0.320 e. The Balaban J connectivity index is 0.000000246. The Hall–Kier alpha value is -4.17. The zero-order valence-electron chi connectivity index (χ0n) is 18.8. The van der Waals surface area contributed by atoms with Crippen molar-refractivity contribution >= 4 is 29.0 Å². The molecule has 0 aliphatic heterocycles. The third-order valence-electron chi connectivity index (χ3n) is 4.93. The van der Waals surface area contributed by atoms with E-state index in [1.807, 2.05) is 18.2 Å². The van der Waals surface area contributed by atoms with Crippen molar-refractivity contribution in [3.8, 4) is 0 Å². The minimum atomic E-state index is -0.995. The molecule has 0 saturated heterocycles. The number of nitrogens with two attached hydrogens (primary N) is 3. The summed E-state index contributed by atoms with van der Waals surface area (Å²) in [5, 5.41) is 11.3. The quantitative estimate of drug-likeness (QED) is 0.185. The second-order valence-electron chi connectivity index (χ2n) is 7.64. The molecule has 8 nitrogen and oxygen atoms in total. The number of carboxylic acids is 1. The number of ketones is 1. The molecule has 34 heavy (non-hydrogen) atoms. The zero-order chi connectivity index (χ0) is 24.9. The minimum absolute atomic E-state index is 0.0237. The highest BCUT2D eigenvalue weighted by molar-refractivity contribution is 6.09. The van der Waals surface area contributed by atoms with E-state index in [1.165, 1.54) is 0 Å². The van der Waals surface area contributed by atoms with Gasteiger partial charge in [0, 0.05) is 34.6 Å².